The van der Waals surface area contributed by atoms with Crippen molar-refractivity contribution >= 4 is 11.9 Å². The van der Waals surface area contributed by atoms with Crippen molar-refractivity contribution in [3.8, 4) is 0 Å². The van der Waals surface area contributed by atoms with E-state index in [1.807, 2.05) is 12.3 Å². The van der Waals surface area contributed by atoms with Gasteiger partial charge in [0.25, 0.3) is 0 Å². The summed E-state index contributed by atoms with van der Waals surface area (Å²) in [6.07, 6.45) is 7.31. The summed E-state index contributed by atoms with van der Waals surface area (Å²) in [5, 5.41) is 0. The first-order chi connectivity index (χ1) is 6.17. The quantitative estimate of drug-likeness (QED) is 0.650. The van der Waals surface area contributed by atoms with Gasteiger partial charge in [-0.05, 0) is 12.1 Å². The number of hydrogen-bond acceptors (Lipinski definition) is 3. The molecule has 1 aromatic heterocycles. The Kier molecular flexibility index (Phi) is 1.72. The topological polar surface area (TPSA) is 38.1 Å². The standard InChI is InChI=1S/C10H11N3/c1-10(2)5-9(12-6-10)8-3-4-11-7-13-8/h3-7H,1-2H3. The van der Waals surface area contributed by atoms with Crippen LogP contribution in [0.2, 0.25) is 0 Å². The highest BCUT2D eigenvalue weighted by molar-refractivity contribution is 5.84. The summed E-state index contributed by atoms with van der Waals surface area (Å²) in [7, 11) is 0. The highest BCUT2D eigenvalue weighted by Gasteiger charge is 2.19. The average molecular weight is 173 g/mol. The smallest absolute Gasteiger partial charge is 0.116 e. The van der Waals surface area contributed by atoms with Crippen LogP contribution in [0.5, 0.6) is 0 Å². The van der Waals surface area contributed by atoms with Gasteiger partial charge in [0.05, 0.1) is 11.4 Å². The van der Waals surface area contributed by atoms with E-state index < -0.39 is 0 Å². The summed E-state index contributed by atoms with van der Waals surface area (Å²) in [5.41, 5.74) is 1.88. The van der Waals surface area contributed by atoms with E-state index in [2.05, 4.69) is 34.9 Å². The maximum Gasteiger partial charge on any atom is 0.116 e. The highest BCUT2D eigenvalue weighted by atomic mass is 14.9. The molecular weight excluding hydrogens is 162 g/mol. The van der Waals surface area contributed by atoms with Crippen LogP contribution in [0.15, 0.2) is 29.7 Å². The Morgan fingerprint density at radius 1 is 1.31 bits per heavy atom. The van der Waals surface area contributed by atoms with Gasteiger partial charge in [-0.15, -0.1) is 0 Å². The van der Waals surface area contributed by atoms with Crippen LogP contribution in [0.1, 0.15) is 19.5 Å². The lowest BCUT2D eigenvalue weighted by atomic mass is 9.96. The van der Waals surface area contributed by atoms with E-state index in [0.29, 0.717) is 0 Å². The zero-order valence-corrected chi connectivity index (χ0v) is 7.73. The largest absolute Gasteiger partial charge is 0.258 e. The van der Waals surface area contributed by atoms with Crippen LogP contribution < -0.4 is 0 Å². The van der Waals surface area contributed by atoms with Crippen molar-refractivity contribution in [2.45, 2.75) is 13.8 Å². The number of aromatic nitrogens is 2. The molecular formula is C10H11N3. The monoisotopic (exact) mass is 173 g/mol. The molecule has 0 spiro atoms. The van der Waals surface area contributed by atoms with Crippen molar-refractivity contribution in [3.05, 3.63) is 30.4 Å². The van der Waals surface area contributed by atoms with Gasteiger partial charge in [-0.1, -0.05) is 13.8 Å². The number of hydrogen-bond donors (Lipinski definition) is 0. The second kappa shape index (κ2) is 2.76. The Morgan fingerprint density at radius 3 is 2.69 bits per heavy atom. The molecule has 0 aliphatic carbocycles. The van der Waals surface area contributed by atoms with Crippen LogP contribution in [0, 0.1) is 5.41 Å². The molecule has 2 rings (SSSR count). The Hall–Kier alpha value is -1.51. The van der Waals surface area contributed by atoms with Gasteiger partial charge in [-0.2, -0.15) is 0 Å². The molecule has 0 atom stereocenters. The summed E-state index contributed by atoms with van der Waals surface area (Å²) < 4.78 is 0. The second-order valence-electron chi connectivity index (χ2n) is 3.70. The molecule has 1 aromatic rings. The van der Waals surface area contributed by atoms with Gasteiger partial charge in [-0.3, -0.25) is 4.99 Å². The number of aliphatic imine (C=N–C) groups is 1. The lowest BCUT2D eigenvalue weighted by Crippen LogP contribution is -2.04. The van der Waals surface area contributed by atoms with Crippen molar-refractivity contribution in [1.82, 2.24) is 9.97 Å². The van der Waals surface area contributed by atoms with E-state index in [0.717, 1.165) is 11.4 Å². The van der Waals surface area contributed by atoms with Gasteiger partial charge in [0, 0.05) is 17.8 Å². The van der Waals surface area contributed by atoms with E-state index in [4.69, 9.17) is 0 Å². The summed E-state index contributed by atoms with van der Waals surface area (Å²) in [6.45, 7) is 4.23. The third-order valence-corrected chi connectivity index (χ3v) is 1.89. The molecule has 0 saturated carbocycles. The van der Waals surface area contributed by atoms with Gasteiger partial charge in [0.2, 0.25) is 0 Å². The van der Waals surface area contributed by atoms with E-state index in [1.165, 1.54) is 6.33 Å². The molecule has 0 N–H and O–H groups in total. The second-order valence-corrected chi connectivity index (χ2v) is 3.70. The third kappa shape index (κ3) is 1.64. The molecule has 0 bridgehead atoms. The van der Waals surface area contributed by atoms with Gasteiger partial charge in [0.1, 0.15) is 6.33 Å². The zero-order chi connectivity index (χ0) is 9.31. The average Bonchev–Trinajstić information content (AvgIpc) is 2.48. The lowest BCUT2D eigenvalue weighted by molar-refractivity contribution is 0.706. The summed E-state index contributed by atoms with van der Waals surface area (Å²) >= 11 is 0. The molecule has 0 fully saturated rings. The van der Waals surface area contributed by atoms with Crippen LogP contribution in [-0.4, -0.2) is 16.2 Å². The van der Waals surface area contributed by atoms with Crippen LogP contribution in [0.25, 0.3) is 5.70 Å². The SMILES string of the molecule is CC1(C)C=NC(c2ccncn2)=C1. The van der Waals surface area contributed by atoms with Crippen molar-refractivity contribution in [2.24, 2.45) is 10.4 Å². The number of allylic oxidation sites excluding steroid dienone is 1. The van der Waals surface area contributed by atoms with Crippen molar-refractivity contribution in [3.63, 3.8) is 0 Å². The van der Waals surface area contributed by atoms with E-state index in [9.17, 15) is 0 Å². The van der Waals surface area contributed by atoms with E-state index >= 15 is 0 Å². The van der Waals surface area contributed by atoms with Gasteiger partial charge in [-0.25, -0.2) is 9.97 Å². The van der Waals surface area contributed by atoms with Crippen LogP contribution in [0.3, 0.4) is 0 Å². The molecule has 13 heavy (non-hydrogen) atoms. The predicted octanol–water partition coefficient (Wildman–Crippen LogP) is 1.93. The highest BCUT2D eigenvalue weighted by Crippen LogP contribution is 2.28. The maximum absolute atomic E-state index is 4.30. The Balaban J connectivity index is 2.36. The van der Waals surface area contributed by atoms with Gasteiger partial charge in [0.15, 0.2) is 0 Å². The molecule has 1 aliphatic heterocycles. The Labute approximate surface area is 77.3 Å². The number of rotatable bonds is 1. The van der Waals surface area contributed by atoms with Gasteiger partial charge >= 0.3 is 0 Å². The minimum Gasteiger partial charge on any atom is -0.258 e. The van der Waals surface area contributed by atoms with Crippen LogP contribution in [-0.2, 0) is 0 Å². The van der Waals surface area contributed by atoms with Gasteiger partial charge < -0.3 is 0 Å². The Bertz CT molecular complexity index is 363. The van der Waals surface area contributed by atoms with E-state index in [1.54, 1.807) is 6.20 Å². The molecule has 2 heterocycles. The molecule has 66 valence electrons. The molecule has 3 heteroatoms. The zero-order valence-electron chi connectivity index (χ0n) is 7.73. The van der Waals surface area contributed by atoms with Crippen molar-refractivity contribution in [1.29, 1.82) is 0 Å². The maximum atomic E-state index is 4.30. The molecule has 1 aliphatic rings. The molecule has 0 amide bonds. The number of nitrogens with zero attached hydrogens (tertiary/aromatic N) is 3. The normalized spacial score (nSPS) is 18.8. The predicted molar refractivity (Wildman–Crippen MR) is 52.3 cm³/mol. The molecule has 0 saturated heterocycles. The third-order valence-electron chi connectivity index (χ3n) is 1.89. The van der Waals surface area contributed by atoms with Crippen LogP contribution in [0.4, 0.5) is 0 Å². The van der Waals surface area contributed by atoms with Crippen molar-refractivity contribution in [2.75, 3.05) is 0 Å². The first kappa shape index (κ1) is 8.10. The molecule has 0 aromatic carbocycles. The fourth-order valence-electron chi connectivity index (χ4n) is 1.25. The molecule has 0 radical (unpaired) electrons. The van der Waals surface area contributed by atoms with E-state index in [-0.39, 0.29) is 5.41 Å². The fourth-order valence-corrected chi connectivity index (χ4v) is 1.25. The summed E-state index contributed by atoms with van der Waals surface area (Å²) in [4.78, 5) is 12.3. The Morgan fingerprint density at radius 2 is 2.15 bits per heavy atom. The fraction of sp³-hybridized carbons (Fsp3) is 0.300. The van der Waals surface area contributed by atoms with Crippen LogP contribution >= 0.6 is 0 Å². The minimum atomic E-state index is 0.0558. The minimum absolute atomic E-state index is 0.0558. The first-order valence-electron chi connectivity index (χ1n) is 4.22. The summed E-state index contributed by atoms with van der Waals surface area (Å²) in [6, 6.07) is 1.87. The van der Waals surface area contributed by atoms with Crippen molar-refractivity contribution < 1.29 is 0 Å². The molecule has 3 nitrogen and oxygen atoms in total. The lowest BCUT2D eigenvalue weighted by Gasteiger charge is -2.06. The molecule has 0 unspecified atom stereocenters. The summed E-state index contributed by atoms with van der Waals surface area (Å²) in [5.74, 6) is 0. The first-order valence-corrected chi connectivity index (χ1v) is 4.22.